The number of para-hydroxylation sites is 2. The molecule has 0 aliphatic rings. The Bertz CT molecular complexity index is 1280. The van der Waals surface area contributed by atoms with E-state index in [1.807, 2.05) is 20.8 Å². The molecule has 3 rings (SSSR count). The summed E-state index contributed by atoms with van der Waals surface area (Å²) in [6, 6.07) is 21.0. The average Bonchev–Trinajstić information content (AvgIpc) is 2.88. The number of hydrogen-bond acceptors (Lipinski definition) is 5. The number of anilines is 2. The first-order chi connectivity index (χ1) is 17.3. The third-order valence-electron chi connectivity index (χ3n) is 5.49. The molecule has 190 valence electrons. The van der Waals surface area contributed by atoms with Gasteiger partial charge in [0, 0.05) is 6.04 Å². The molecule has 0 fully saturated rings. The molecule has 0 heterocycles. The molecule has 2 N–H and O–H groups in total. The van der Waals surface area contributed by atoms with Gasteiger partial charge in [-0.3, -0.25) is 13.9 Å². The van der Waals surface area contributed by atoms with Crippen LogP contribution in [0.3, 0.4) is 0 Å². The molecule has 0 saturated heterocycles. The lowest BCUT2D eigenvalue weighted by Gasteiger charge is -2.24. The molecule has 0 radical (unpaired) electrons. The van der Waals surface area contributed by atoms with Crippen LogP contribution in [0.1, 0.15) is 37.6 Å². The number of amides is 2. The van der Waals surface area contributed by atoms with Crippen LogP contribution in [0.2, 0.25) is 0 Å². The summed E-state index contributed by atoms with van der Waals surface area (Å²) >= 11 is 0. The second kappa shape index (κ2) is 12.2. The Balaban J connectivity index is 1.88. The quantitative estimate of drug-likeness (QED) is 0.397. The molecule has 36 heavy (non-hydrogen) atoms. The first kappa shape index (κ1) is 26.7. The first-order valence-corrected chi connectivity index (χ1v) is 13.2. The Kier molecular flexibility index (Phi) is 9.08. The van der Waals surface area contributed by atoms with Crippen molar-refractivity contribution >= 4 is 33.2 Å². The molecule has 2 amide bonds. The predicted molar refractivity (Wildman–Crippen MR) is 141 cm³/mol. The van der Waals surface area contributed by atoms with Gasteiger partial charge in [0.05, 0.1) is 28.4 Å². The van der Waals surface area contributed by atoms with Crippen LogP contribution in [0.4, 0.5) is 11.4 Å². The Labute approximate surface area is 212 Å². The molecule has 0 spiro atoms. The molecular weight excluding hydrogens is 478 g/mol. The van der Waals surface area contributed by atoms with E-state index in [2.05, 4.69) is 10.6 Å². The molecule has 9 heteroatoms. The normalized spacial score (nSPS) is 11.9. The maximum absolute atomic E-state index is 13.6. The SMILES string of the molecule is CCOc1ccc(S(=O)(=O)N(CC(=O)Nc2ccccc2C(=O)N[C@@H](C)CC)c2ccccc2)cc1. The number of carbonyl (C=O) groups is 2. The van der Waals surface area contributed by atoms with Crippen molar-refractivity contribution in [2.24, 2.45) is 0 Å². The van der Waals surface area contributed by atoms with E-state index in [1.165, 1.54) is 12.1 Å². The molecule has 0 aliphatic heterocycles. The van der Waals surface area contributed by atoms with Gasteiger partial charge >= 0.3 is 0 Å². The number of nitrogens with one attached hydrogen (secondary N) is 2. The van der Waals surface area contributed by atoms with Gasteiger partial charge in [-0.25, -0.2) is 8.42 Å². The van der Waals surface area contributed by atoms with Gasteiger partial charge in [-0.15, -0.1) is 0 Å². The Morgan fingerprint density at radius 2 is 1.56 bits per heavy atom. The number of sulfonamides is 1. The summed E-state index contributed by atoms with van der Waals surface area (Å²) in [4.78, 5) is 25.8. The number of rotatable bonds is 11. The van der Waals surface area contributed by atoms with Crippen LogP contribution in [0.25, 0.3) is 0 Å². The van der Waals surface area contributed by atoms with Gasteiger partial charge in [-0.1, -0.05) is 37.3 Å². The summed E-state index contributed by atoms with van der Waals surface area (Å²) in [5, 5.41) is 5.59. The third kappa shape index (κ3) is 6.63. The largest absolute Gasteiger partial charge is 0.494 e. The minimum absolute atomic E-state index is 0.0240. The summed E-state index contributed by atoms with van der Waals surface area (Å²) in [5.74, 6) is -0.355. The van der Waals surface area contributed by atoms with Gasteiger partial charge < -0.3 is 15.4 Å². The maximum Gasteiger partial charge on any atom is 0.264 e. The van der Waals surface area contributed by atoms with Gasteiger partial charge in [0.2, 0.25) is 5.91 Å². The summed E-state index contributed by atoms with van der Waals surface area (Å²) in [6.07, 6.45) is 0.760. The van der Waals surface area contributed by atoms with Crippen LogP contribution >= 0.6 is 0 Å². The van der Waals surface area contributed by atoms with Crippen LogP contribution in [0.5, 0.6) is 5.75 Å². The molecule has 0 bridgehead atoms. The third-order valence-corrected chi connectivity index (χ3v) is 7.28. The standard InChI is InChI=1S/C27H31N3O5S/c1-4-20(3)28-27(32)24-13-9-10-14-25(24)29-26(31)19-30(21-11-7-6-8-12-21)36(33,34)23-17-15-22(16-18-23)35-5-2/h6-18,20H,4-5,19H2,1-3H3,(H,28,32)(H,29,31)/t20-/m0/s1. The van der Waals surface area contributed by atoms with Crippen molar-refractivity contribution in [3.05, 3.63) is 84.4 Å². The second-order valence-electron chi connectivity index (χ2n) is 8.13. The van der Waals surface area contributed by atoms with Crippen LogP contribution in [0.15, 0.2) is 83.8 Å². The average molecular weight is 510 g/mol. The monoisotopic (exact) mass is 509 g/mol. The zero-order valence-corrected chi connectivity index (χ0v) is 21.4. The Morgan fingerprint density at radius 1 is 0.917 bits per heavy atom. The van der Waals surface area contributed by atoms with E-state index in [0.29, 0.717) is 29.3 Å². The van der Waals surface area contributed by atoms with E-state index in [9.17, 15) is 18.0 Å². The first-order valence-electron chi connectivity index (χ1n) is 11.8. The van der Waals surface area contributed by atoms with Crippen molar-refractivity contribution in [3.63, 3.8) is 0 Å². The lowest BCUT2D eigenvalue weighted by molar-refractivity contribution is -0.114. The molecule has 3 aromatic rings. The fraction of sp³-hybridized carbons (Fsp3) is 0.259. The lowest BCUT2D eigenvalue weighted by atomic mass is 10.1. The summed E-state index contributed by atoms with van der Waals surface area (Å²) in [7, 11) is -4.08. The summed E-state index contributed by atoms with van der Waals surface area (Å²) in [6.45, 7) is 5.66. The highest BCUT2D eigenvalue weighted by molar-refractivity contribution is 7.92. The van der Waals surface area contributed by atoms with Gasteiger partial charge in [0.25, 0.3) is 15.9 Å². The van der Waals surface area contributed by atoms with Crippen molar-refractivity contribution in [1.29, 1.82) is 0 Å². The maximum atomic E-state index is 13.6. The van der Waals surface area contributed by atoms with Gasteiger partial charge in [0.1, 0.15) is 12.3 Å². The van der Waals surface area contributed by atoms with Gasteiger partial charge in [-0.2, -0.15) is 0 Å². The Hall–Kier alpha value is -3.85. The highest BCUT2D eigenvalue weighted by Crippen LogP contribution is 2.25. The number of carbonyl (C=O) groups excluding carboxylic acids is 2. The fourth-order valence-corrected chi connectivity index (χ4v) is 4.85. The van der Waals surface area contributed by atoms with Crippen molar-refractivity contribution in [2.45, 2.75) is 38.1 Å². The number of ether oxygens (including phenoxy) is 1. The topological polar surface area (TPSA) is 105 Å². The lowest BCUT2D eigenvalue weighted by Crippen LogP contribution is -2.38. The predicted octanol–water partition coefficient (Wildman–Crippen LogP) is 4.45. The highest BCUT2D eigenvalue weighted by Gasteiger charge is 2.27. The van der Waals surface area contributed by atoms with E-state index in [-0.39, 0.29) is 16.8 Å². The number of nitrogens with zero attached hydrogens (tertiary/aromatic N) is 1. The molecule has 1 atom stereocenters. The number of benzene rings is 3. The highest BCUT2D eigenvalue weighted by atomic mass is 32.2. The zero-order chi connectivity index (χ0) is 26.1. The molecule has 3 aromatic carbocycles. The number of hydrogen-bond donors (Lipinski definition) is 2. The fourth-order valence-electron chi connectivity index (χ4n) is 3.42. The smallest absolute Gasteiger partial charge is 0.264 e. The Morgan fingerprint density at radius 3 is 2.19 bits per heavy atom. The van der Waals surface area contributed by atoms with Crippen LogP contribution in [-0.2, 0) is 14.8 Å². The van der Waals surface area contributed by atoms with Gasteiger partial charge in [0.15, 0.2) is 0 Å². The van der Waals surface area contributed by atoms with E-state index < -0.39 is 22.5 Å². The van der Waals surface area contributed by atoms with Crippen molar-refractivity contribution < 1.29 is 22.7 Å². The van der Waals surface area contributed by atoms with E-state index in [0.717, 1.165) is 10.7 Å². The minimum Gasteiger partial charge on any atom is -0.494 e. The van der Waals surface area contributed by atoms with Crippen molar-refractivity contribution in [3.8, 4) is 5.75 Å². The summed E-state index contributed by atoms with van der Waals surface area (Å²) in [5.41, 5.74) is 0.936. The van der Waals surface area contributed by atoms with Gasteiger partial charge in [-0.05, 0) is 68.8 Å². The van der Waals surface area contributed by atoms with Crippen LogP contribution < -0.4 is 19.7 Å². The molecule has 0 saturated carbocycles. The van der Waals surface area contributed by atoms with E-state index >= 15 is 0 Å². The van der Waals surface area contributed by atoms with Crippen molar-refractivity contribution in [2.75, 3.05) is 22.8 Å². The molecule has 0 aliphatic carbocycles. The van der Waals surface area contributed by atoms with E-state index in [4.69, 9.17) is 4.74 Å². The van der Waals surface area contributed by atoms with Crippen molar-refractivity contribution in [1.82, 2.24) is 5.32 Å². The molecule has 8 nitrogen and oxygen atoms in total. The minimum atomic E-state index is -4.08. The summed E-state index contributed by atoms with van der Waals surface area (Å²) < 4.78 is 33.6. The van der Waals surface area contributed by atoms with E-state index in [1.54, 1.807) is 66.7 Å². The molecule has 0 aromatic heterocycles. The molecule has 0 unspecified atom stereocenters. The van der Waals surface area contributed by atoms with Crippen LogP contribution in [0, 0.1) is 0 Å². The van der Waals surface area contributed by atoms with Crippen LogP contribution in [-0.4, -0.2) is 39.4 Å². The second-order valence-corrected chi connectivity index (χ2v) is 9.99. The zero-order valence-electron chi connectivity index (χ0n) is 20.6. The molecular formula is C27H31N3O5S.